The molecule has 3 heteroatoms. The van der Waals surface area contributed by atoms with Gasteiger partial charge in [-0.05, 0) is 50.9 Å². The summed E-state index contributed by atoms with van der Waals surface area (Å²) >= 11 is 0. The Morgan fingerprint density at radius 1 is 1.39 bits per heavy atom. The summed E-state index contributed by atoms with van der Waals surface area (Å²) in [5, 5.41) is 0. The fourth-order valence-corrected chi connectivity index (χ4v) is 2.49. The van der Waals surface area contributed by atoms with E-state index in [4.69, 9.17) is 10.5 Å². The van der Waals surface area contributed by atoms with Gasteiger partial charge in [-0.15, -0.1) is 0 Å². The van der Waals surface area contributed by atoms with Gasteiger partial charge in [0.1, 0.15) is 5.75 Å². The van der Waals surface area contributed by atoms with E-state index in [0.717, 1.165) is 23.9 Å². The molecule has 0 aliphatic heterocycles. The molecule has 2 rings (SSSR count). The van der Waals surface area contributed by atoms with Gasteiger partial charge < -0.3 is 15.4 Å². The number of ether oxygens (including phenoxy) is 1. The van der Waals surface area contributed by atoms with Crippen molar-refractivity contribution in [2.24, 2.45) is 5.92 Å². The Morgan fingerprint density at radius 3 is 2.78 bits per heavy atom. The van der Waals surface area contributed by atoms with E-state index in [0.29, 0.717) is 6.61 Å². The van der Waals surface area contributed by atoms with E-state index in [1.54, 1.807) is 0 Å². The molecule has 0 atom stereocenters. The lowest BCUT2D eigenvalue weighted by Crippen LogP contribution is -2.29. The fourth-order valence-electron chi connectivity index (χ4n) is 2.49. The minimum Gasteiger partial charge on any atom is -0.494 e. The maximum Gasteiger partial charge on any atom is 0.123 e. The molecule has 0 radical (unpaired) electrons. The highest BCUT2D eigenvalue weighted by Crippen LogP contribution is 2.28. The second-order valence-corrected chi connectivity index (χ2v) is 5.29. The lowest BCUT2D eigenvalue weighted by atomic mass is 9.85. The van der Waals surface area contributed by atoms with E-state index in [1.807, 2.05) is 25.1 Å². The smallest absolute Gasteiger partial charge is 0.123 e. The Labute approximate surface area is 110 Å². The van der Waals surface area contributed by atoms with Crippen LogP contribution in [0.4, 0.5) is 5.69 Å². The molecule has 0 amide bonds. The summed E-state index contributed by atoms with van der Waals surface area (Å²) in [6.45, 7) is 4.80. The summed E-state index contributed by atoms with van der Waals surface area (Å²) in [6, 6.07) is 5.91. The molecule has 0 saturated heterocycles. The van der Waals surface area contributed by atoms with Crippen LogP contribution >= 0.6 is 0 Å². The van der Waals surface area contributed by atoms with Crippen LogP contribution in [0.5, 0.6) is 5.75 Å². The summed E-state index contributed by atoms with van der Waals surface area (Å²) in [6.07, 6.45) is 4.18. The molecular weight excluding hydrogens is 224 g/mol. The highest BCUT2D eigenvalue weighted by atomic mass is 16.5. The first kappa shape index (κ1) is 13.2. The third-order valence-electron chi connectivity index (χ3n) is 3.62. The third kappa shape index (κ3) is 3.39. The minimum atomic E-state index is 0.698. The van der Waals surface area contributed by atoms with E-state index < -0.39 is 0 Å². The molecule has 100 valence electrons. The summed E-state index contributed by atoms with van der Waals surface area (Å²) in [5.74, 6) is 1.86. The minimum absolute atomic E-state index is 0.698. The molecule has 0 unspecified atom stereocenters. The van der Waals surface area contributed by atoms with Gasteiger partial charge in [0, 0.05) is 24.3 Å². The van der Waals surface area contributed by atoms with Crippen LogP contribution in [0, 0.1) is 5.92 Å². The Kier molecular flexibility index (Phi) is 4.48. The number of anilines is 1. The largest absolute Gasteiger partial charge is 0.494 e. The summed E-state index contributed by atoms with van der Waals surface area (Å²) in [5.41, 5.74) is 7.87. The van der Waals surface area contributed by atoms with E-state index >= 15 is 0 Å². The Bertz CT molecular complexity index is 388. The monoisotopic (exact) mass is 248 g/mol. The predicted molar refractivity (Wildman–Crippen MR) is 75.7 cm³/mol. The Morgan fingerprint density at radius 2 is 2.17 bits per heavy atom. The zero-order chi connectivity index (χ0) is 13.0. The van der Waals surface area contributed by atoms with Gasteiger partial charge in [-0.2, -0.15) is 0 Å². The van der Waals surface area contributed by atoms with Gasteiger partial charge in [-0.1, -0.05) is 6.42 Å². The van der Waals surface area contributed by atoms with Crippen molar-refractivity contribution in [2.45, 2.75) is 32.7 Å². The van der Waals surface area contributed by atoms with Gasteiger partial charge in [-0.3, -0.25) is 0 Å². The number of hydrogen-bond donors (Lipinski definition) is 1. The first-order valence-corrected chi connectivity index (χ1v) is 6.88. The first-order valence-electron chi connectivity index (χ1n) is 6.88. The first-order chi connectivity index (χ1) is 8.69. The van der Waals surface area contributed by atoms with Gasteiger partial charge in [0.2, 0.25) is 0 Å². The van der Waals surface area contributed by atoms with E-state index in [2.05, 4.69) is 11.9 Å². The van der Waals surface area contributed by atoms with E-state index in [-0.39, 0.29) is 0 Å². The van der Waals surface area contributed by atoms with Crippen molar-refractivity contribution in [3.05, 3.63) is 23.8 Å². The number of nitrogens with zero attached hydrogens (tertiary/aromatic N) is 1. The Balaban J connectivity index is 1.98. The Hall–Kier alpha value is -1.22. The van der Waals surface area contributed by atoms with Gasteiger partial charge in [0.05, 0.1) is 6.61 Å². The summed E-state index contributed by atoms with van der Waals surface area (Å²) in [4.78, 5) is 2.38. The molecule has 1 saturated carbocycles. The molecule has 0 aromatic heterocycles. The average Bonchev–Trinajstić information content (AvgIpc) is 2.28. The SMILES string of the molecule is CCOc1ccc(N)cc1CN(C)CC1CCC1. The van der Waals surface area contributed by atoms with Crippen molar-refractivity contribution in [1.29, 1.82) is 0 Å². The molecule has 0 spiro atoms. The van der Waals surface area contributed by atoms with Gasteiger partial charge in [0.15, 0.2) is 0 Å². The maximum absolute atomic E-state index is 5.86. The molecule has 1 aromatic carbocycles. The standard InChI is InChI=1S/C15H24N2O/c1-3-18-15-8-7-14(16)9-13(15)11-17(2)10-12-5-4-6-12/h7-9,12H,3-6,10-11,16H2,1-2H3. The lowest BCUT2D eigenvalue weighted by Gasteiger charge is -2.30. The molecule has 0 heterocycles. The number of nitrogens with two attached hydrogens (primary N) is 1. The summed E-state index contributed by atoms with van der Waals surface area (Å²) in [7, 11) is 2.18. The second kappa shape index (κ2) is 6.10. The van der Waals surface area contributed by atoms with Crippen LogP contribution < -0.4 is 10.5 Å². The fraction of sp³-hybridized carbons (Fsp3) is 0.600. The maximum atomic E-state index is 5.86. The van der Waals surface area contributed by atoms with Crippen LogP contribution in [0.2, 0.25) is 0 Å². The van der Waals surface area contributed by atoms with Crippen LogP contribution in [0.25, 0.3) is 0 Å². The van der Waals surface area contributed by atoms with Crippen molar-refractivity contribution in [2.75, 3.05) is 25.9 Å². The van der Waals surface area contributed by atoms with Gasteiger partial charge in [-0.25, -0.2) is 0 Å². The van der Waals surface area contributed by atoms with Crippen molar-refractivity contribution in [1.82, 2.24) is 4.90 Å². The normalized spacial score (nSPS) is 15.7. The topological polar surface area (TPSA) is 38.5 Å². The van der Waals surface area contributed by atoms with E-state index in [9.17, 15) is 0 Å². The predicted octanol–water partition coefficient (Wildman–Crippen LogP) is 2.90. The number of benzene rings is 1. The molecule has 1 fully saturated rings. The average molecular weight is 248 g/mol. The van der Waals surface area contributed by atoms with Crippen molar-refractivity contribution in [3.63, 3.8) is 0 Å². The zero-order valence-electron chi connectivity index (χ0n) is 11.5. The van der Waals surface area contributed by atoms with Crippen molar-refractivity contribution >= 4 is 5.69 Å². The number of rotatable bonds is 6. The summed E-state index contributed by atoms with van der Waals surface area (Å²) < 4.78 is 5.66. The van der Waals surface area contributed by atoms with Crippen LogP contribution in [0.3, 0.4) is 0 Å². The molecule has 3 nitrogen and oxygen atoms in total. The molecule has 2 N–H and O–H groups in total. The zero-order valence-corrected chi connectivity index (χ0v) is 11.5. The molecule has 0 bridgehead atoms. The lowest BCUT2D eigenvalue weighted by molar-refractivity contribution is 0.198. The van der Waals surface area contributed by atoms with E-state index in [1.165, 1.54) is 31.4 Å². The van der Waals surface area contributed by atoms with Crippen LogP contribution in [-0.2, 0) is 6.54 Å². The molecule has 1 aliphatic rings. The number of nitrogen functional groups attached to an aromatic ring is 1. The molecule has 18 heavy (non-hydrogen) atoms. The second-order valence-electron chi connectivity index (χ2n) is 5.29. The third-order valence-corrected chi connectivity index (χ3v) is 3.62. The molecule has 1 aromatic rings. The highest BCUT2D eigenvalue weighted by molar-refractivity contribution is 5.47. The van der Waals surface area contributed by atoms with Crippen molar-refractivity contribution < 1.29 is 4.74 Å². The van der Waals surface area contributed by atoms with Crippen LogP contribution in [-0.4, -0.2) is 25.1 Å². The highest BCUT2D eigenvalue weighted by Gasteiger charge is 2.19. The number of hydrogen-bond acceptors (Lipinski definition) is 3. The van der Waals surface area contributed by atoms with Crippen molar-refractivity contribution in [3.8, 4) is 5.75 Å². The van der Waals surface area contributed by atoms with Crippen LogP contribution in [0.1, 0.15) is 31.7 Å². The van der Waals surface area contributed by atoms with Gasteiger partial charge >= 0.3 is 0 Å². The van der Waals surface area contributed by atoms with Gasteiger partial charge in [0.25, 0.3) is 0 Å². The quantitative estimate of drug-likeness (QED) is 0.787. The molecular formula is C15H24N2O. The van der Waals surface area contributed by atoms with Crippen LogP contribution in [0.15, 0.2) is 18.2 Å². The molecule has 1 aliphatic carbocycles.